The molecule has 0 rings (SSSR count). The largest absolute Gasteiger partial charge is 0.473 e. The van der Waals surface area contributed by atoms with Crippen LogP contribution in [0.4, 0.5) is 13.2 Å². The molecular formula is C3H4F3NO2. The Kier molecular flexibility index (Phi) is 2.03. The highest BCUT2D eigenvalue weighted by Crippen LogP contribution is 2.16. The van der Waals surface area contributed by atoms with Crippen molar-refractivity contribution < 1.29 is 23.2 Å². The van der Waals surface area contributed by atoms with Gasteiger partial charge in [-0.3, -0.25) is 10.0 Å². The van der Waals surface area contributed by atoms with Crippen LogP contribution in [0.2, 0.25) is 0 Å². The lowest BCUT2D eigenvalue weighted by Crippen LogP contribution is -2.36. The minimum atomic E-state index is -4.98. The summed E-state index contributed by atoms with van der Waals surface area (Å²) in [4.78, 5) is 9.72. The smallest absolute Gasteiger partial charge is 0.286 e. The van der Waals surface area contributed by atoms with Gasteiger partial charge in [-0.2, -0.15) is 13.2 Å². The van der Waals surface area contributed by atoms with Crippen LogP contribution in [0, 0.1) is 0 Å². The van der Waals surface area contributed by atoms with E-state index in [9.17, 15) is 18.0 Å². The van der Waals surface area contributed by atoms with Gasteiger partial charge in [0.2, 0.25) is 0 Å². The molecule has 0 bridgehead atoms. The van der Waals surface area contributed by atoms with Crippen molar-refractivity contribution in [2.45, 2.75) is 6.18 Å². The van der Waals surface area contributed by atoms with Crippen LogP contribution in [0.3, 0.4) is 0 Å². The minimum Gasteiger partial charge on any atom is -0.286 e. The lowest BCUT2D eigenvalue weighted by molar-refractivity contribution is -0.210. The third-order valence-electron chi connectivity index (χ3n) is 0.536. The van der Waals surface area contributed by atoms with Gasteiger partial charge in [0, 0.05) is 7.05 Å². The summed E-state index contributed by atoms with van der Waals surface area (Å²) in [7, 11) is 0.607. The lowest BCUT2D eigenvalue weighted by Gasteiger charge is -2.09. The topological polar surface area (TPSA) is 40.5 Å². The monoisotopic (exact) mass is 143 g/mol. The summed E-state index contributed by atoms with van der Waals surface area (Å²) in [5, 5.41) is 7.41. The molecule has 54 valence electrons. The second kappa shape index (κ2) is 2.22. The summed E-state index contributed by atoms with van der Waals surface area (Å²) < 4.78 is 33.4. The summed E-state index contributed by atoms with van der Waals surface area (Å²) in [6, 6.07) is 0. The first-order valence-corrected chi connectivity index (χ1v) is 1.89. The van der Waals surface area contributed by atoms with Gasteiger partial charge in [0.25, 0.3) is 0 Å². The molecule has 0 aromatic carbocycles. The summed E-state index contributed by atoms with van der Waals surface area (Å²) in [5.41, 5.74) is 0. The van der Waals surface area contributed by atoms with Crippen molar-refractivity contribution >= 4 is 5.91 Å². The molecule has 3 nitrogen and oxygen atoms in total. The lowest BCUT2D eigenvalue weighted by atomic mass is 10.6. The predicted molar refractivity (Wildman–Crippen MR) is 20.6 cm³/mol. The zero-order valence-electron chi connectivity index (χ0n) is 4.44. The number of rotatable bonds is 0. The average Bonchev–Trinajstić information content (AvgIpc) is 1.62. The van der Waals surface area contributed by atoms with E-state index < -0.39 is 17.1 Å². The molecule has 0 saturated heterocycles. The number of carbonyl (C=O) groups excluding carboxylic acids is 1. The first kappa shape index (κ1) is 8.22. The van der Waals surface area contributed by atoms with E-state index in [4.69, 9.17) is 5.21 Å². The van der Waals surface area contributed by atoms with Crippen LogP contribution in [-0.4, -0.2) is 29.4 Å². The van der Waals surface area contributed by atoms with Crippen molar-refractivity contribution in [1.29, 1.82) is 0 Å². The third kappa shape index (κ3) is 2.31. The Morgan fingerprint density at radius 3 is 1.89 bits per heavy atom. The van der Waals surface area contributed by atoms with E-state index in [1.165, 1.54) is 0 Å². The molecule has 0 fully saturated rings. The van der Waals surface area contributed by atoms with E-state index in [0.717, 1.165) is 0 Å². The standard InChI is InChI=1S/C3H4F3NO2/c1-7(9)2(8)3(4,5)6/h9H,1H3. The number of amides is 1. The van der Waals surface area contributed by atoms with Crippen molar-refractivity contribution in [2.75, 3.05) is 7.05 Å². The fraction of sp³-hybridized carbons (Fsp3) is 0.667. The predicted octanol–water partition coefficient (Wildman–Crippen LogP) is 0.396. The van der Waals surface area contributed by atoms with E-state index in [-0.39, 0.29) is 0 Å². The van der Waals surface area contributed by atoms with E-state index in [1.807, 2.05) is 0 Å². The molecule has 1 amide bonds. The highest BCUT2D eigenvalue weighted by atomic mass is 19.4. The second-order valence-electron chi connectivity index (χ2n) is 1.33. The second-order valence-corrected chi connectivity index (χ2v) is 1.33. The molecule has 1 N–H and O–H groups in total. The van der Waals surface area contributed by atoms with E-state index in [1.54, 1.807) is 0 Å². The van der Waals surface area contributed by atoms with Gasteiger partial charge in [-0.25, -0.2) is 5.06 Å². The van der Waals surface area contributed by atoms with Gasteiger partial charge in [0.05, 0.1) is 0 Å². The summed E-state index contributed by atoms with van der Waals surface area (Å²) in [6.45, 7) is 0. The van der Waals surface area contributed by atoms with Gasteiger partial charge >= 0.3 is 12.1 Å². The van der Waals surface area contributed by atoms with Crippen molar-refractivity contribution in [3.63, 3.8) is 0 Å². The molecule has 0 unspecified atom stereocenters. The first-order chi connectivity index (χ1) is 3.85. The van der Waals surface area contributed by atoms with Crippen LogP contribution in [0.25, 0.3) is 0 Å². The number of hydrogen-bond acceptors (Lipinski definition) is 2. The van der Waals surface area contributed by atoms with Crippen LogP contribution < -0.4 is 0 Å². The van der Waals surface area contributed by atoms with E-state index in [2.05, 4.69) is 0 Å². The maximum absolute atomic E-state index is 11.1. The Morgan fingerprint density at radius 2 is 1.89 bits per heavy atom. The Bertz CT molecular complexity index is 119. The first-order valence-electron chi connectivity index (χ1n) is 1.89. The number of carbonyl (C=O) groups is 1. The quantitative estimate of drug-likeness (QED) is 0.393. The van der Waals surface area contributed by atoms with Crippen LogP contribution in [0.15, 0.2) is 0 Å². The van der Waals surface area contributed by atoms with Crippen LogP contribution in [-0.2, 0) is 4.79 Å². The van der Waals surface area contributed by atoms with Crippen LogP contribution >= 0.6 is 0 Å². The number of halogens is 3. The summed E-state index contributed by atoms with van der Waals surface area (Å²) >= 11 is 0. The number of hydrogen-bond donors (Lipinski definition) is 1. The van der Waals surface area contributed by atoms with Crippen LogP contribution in [0.1, 0.15) is 0 Å². The average molecular weight is 143 g/mol. The summed E-state index contributed by atoms with van der Waals surface area (Å²) in [6.07, 6.45) is -4.98. The third-order valence-corrected chi connectivity index (χ3v) is 0.536. The molecule has 0 radical (unpaired) electrons. The molecule has 6 heteroatoms. The SMILES string of the molecule is CN(O)C(=O)C(F)(F)F. The zero-order chi connectivity index (χ0) is 7.65. The molecule has 0 aliphatic rings. The number of hydroxylamine groups is 2. The Labute approximate surface area is 48.6 Å². The Hall–Kier alpha value is -0.780. The Balaban J connectivity index is 4.06. The van der Waals surface area contributed by atoms with Gasteiger partial charge in [-0.15, -0.1) is 0 Å². The van der Waals surface area contributed by atoms with Gasteiger partial charge in [-0.05, 0) is 0 Å². The highest BCUT2D eigenvalue weighted by Gasteiger charge is 2.41. The minimum absolute atomic E-state index is 0.514. The molecular weight excluding hydrogens is 139 g/mol. The van der Waals surface area contributed by atoms with Crippen molar-refractivity contribution in [3.05, 3.63) is 0 Å². The van der Waals surface area contributed by atoms with E-state index in [0.29, 0.717) is 7.05 Å². The van der Waals surface area contributed by atoms with Gasteiger partial charge in [0.1, 0.15) is 0 Å². The van der Waals surface area contributed by atoms with Crippen LogP contribution in [0.5, 0.6) is 0 Å². The summed E-state index contributed by atoms with van der Waals surface area (Å²) in [5.74, 6) is -2.28. The van der Waals surface area contributed by atoms with Gasteiger partial charge in [-0.1, -0.05) is 0 Å². The molecule has 0 aliphatic carbocycles. The number of alkyl halides is 3. The number of nitrogens with zero attached hydrogens (tertiary/aromatic N) is 1. The molecule has 0 aromatic rings. The molecule has 0 aliphatic heterocycles. The molecule has 9 heavy (non-hydrogen) atoms. The molecule has 0 saturated carbocycles. The fourth-order valence-electron chi connectivity index (χ4n) is 0.183. The molecule has 0 spiro atoms. The molecule has 0 heterocycles. The molecule has 0 atom stereocenters. The van der Waals surface area contributed by atoms with Gasteiger partial charge in [0.15, 0.2) is 0 Å². The van der Waals surface area contributed by atoms with E-state index >= 15 is 0 Å². The van der Waals surface area contributed by atoms with Gasteiger partial charge < -0.3 is 0 Å². The van der Waals surface area contributed by atoms with Crippen molar-refractivity contribution in [2.24, 2.45) is 0 Å². The maximum Gasteiger partial charge on any atom is 0.473 e. The normalized spacial score (nSPS) is 11.2. The zero-order valence-corrected chi connectivity index (χ0v) is 4.44. The fourth-order valence-corrected chi connectivity index (χ4v) is 0.183. The highest BCUT2D eigenvalue weighted by molar-refractivity contribution is 5.80. The maximum atomic E-state index is 11.1. The Morgan fingerprint density at radius 1 is 1.56 bits per heavy atom. The molecule has 0 aromatic heterocycles. The van der Waals surface area contributed by atoms with Crippen molar-refractivity contribution in [1.82, 2.24) is 5.06 Å². The van der Waals surface area contributed by atoms with Crippen molar-refractivity contribution in [3.8, 4) is 0 Å².